The molecule has 2 aromatic rings. The van der Waals surface area contributed by atoms with Crippen LogP contribution in [0.4, 0.5) is 4.39 Å². The fourth-order valence-electron chi connectivity index (χ4n) is 4.45. The van der Waals surface area contributed by atoms with E-state index >= 15 is 0 Å². The van der Waals surface area contributed by atoms with Crippen LogP contribution in [-0.2, 0) is 17.8 Å². The van der Waals surface area contributed by atoms with Crippen molar-refractivity contribution in [3.8, 4) is 0 Å². The number of amides is 1. The number of hydrogen-bond donors (Lipinski definition) is 1. The summed E-state index contributed by atoms with van der Waals surface area (Å²) in [6, 6.07) is 8.91. The van der Waals surface area contributed by atoms with Gasteiger partial charge in [0.25, 0.3) is 0 Å². The van der Waals surface area contributed by atoms with E-state index in [0.29, 0.717) is 36.6 Å². The van der Waals surface area contributed by atoms with Crippen LogP contribution in [0.1, 0.15) is 36.8 Å². The van der Waals surface area contributed by atoms with Crippen molar-refractivity contribution in [2.75, 3.05) is 13.1 Å². The van der Waals surface area contributed by atoms with Crippen LogP contribution >= 0.6 is 11.6 Å². The summed E-state index contributed by atoms with van der Waals surface area (Å²) in [4.78, 5) is 19.4. The van der Waals surface area contributed by atoms with E-state index in [0.717, 1.165) is 31.2 Å². The maximum atomic E-state index is 14.3. The van der Waals surface area contributed by atoms with E-state index in [2.05, 4.69) is 15.2 Å². The minimum atomic E-state index is -0.593. The molecule has 28 heavy (non-hydrogen) atoms. The van der Waals surface area contributed by atoms with Gasteiger partial charge in [-0.3, -0.25) is 14.7 Å². The molecule has 0 radical (unpaired) electrons. The third-order valence-corrected chi connectivity index (χ3v) is 6.30. The van der Waals surface area contributed by atoms with E-state index in [1.165, 1.54) is 6.07 Å². The van der Waals surface area contributed by atoms with Crippen LogP contribution in [0, 0.1) is 11.2 Å². The third kappa shape index (κ3) is 4.06. The van der Waals surface area contributed by atoms with Crippen LogP contribution in [0.2, 0.25) is 5.02 Å². The van der Waals surface area contributed by atoms with Crippen molar-refractivity contribution < 1.29 is 9.18 Å². The normalized spacial score (nSPS) is 19.4. The summed E-state index contributed by atoms with van der Waals surface area (Å²) in [6.45, 7) is 1.86. The number of likely N-dealkylation sites (tertiary alicyclic amines) is 1. The van der Waals surface area contributed by atoms with Crippen LogP contribution < -0.4 is 5.32 Å². The van der Waals surface area contributed by atoms with Crippen LogP contribution in [0.15, 0.2) is 42.7 Å². The van der Waals surface area contributed by atoms with Gasteiger partial charge < -0.3 is 5.32 Å². The first kappa shape index (κ1) is 19.3. The number of nitrogens with zero attached hydrogens (tertiary/aromatic N) is 2. The van der Waals surface area contributed by atoms with Gasteiger partial charge in [0, 0.05) is 38.1 Å². The van der Waals surface area contributed by atoms with Crippen LogP contribution in [0.25, 0.3) is 0 Å². The predicted molar refractivity (Wildman–Crippen MR) is 107 cm³/mol. The second-order valence-electron chi connectivity index (χ2n) is 8.12. The molecule has 1 aromatic carbocycles. The van der Waals surface area contributed by atoms with Crippen molar-refractivity contribution in [1.29, 1.82) is 0 Å². The van der Waals surface area contributed by atoms with Crippen molar-refractivity contribution in [3.63, 3.8) is 0 Å². The Morgan fingerprint density at radius 3 is 2.68 bits per heavy atom. The zero-order valence-corrected chi connectivity index (χ0v) is 16.6. The molecule has 1 saturated carbocycles. The molecular weight excluding hydrogens is 377 g/mol. The topological polar surface area (TPSA) is 45.2 Å². The monoisotopic (exact) mass is 401 g/mol. The number of halogens is 2. The fourth-order valence-corrected chi connectivity index (χ4v) is 4.62. The summed E-state index contributed by atoms with van der Waals surface area (Å²) < 4.78 is 14.3. The Hall–Kier alpha value is -1.98. The lowest BCUT2D eigenvalue weighted by Crippen LogP contribution is -2.64. The lowest BCUT2D eigenvalue weighted by Gasteiger charge is -2.49. The number of hydrogen-bond acceptors (Lipinski definition) is 3. The van der Waals surface area contributed by atoms with E-state index < -0.39 is 5.41 Å². The highest BCUT2D eigenvalue weighted by Crippen LogP contribution is 2.37. The molecule has 1 N–H and O–H groups in total. The molecule has 0 bridgehead atoms. The summed E-state index contributed by atoms with van der Waals surface area (Å²) in [5.41, 5.74) is 1.00. The van der Waals surface area contributed by atoms with E-state index in [1.807, 2.05) is 12.1 Å². The average molecular weight is 402 g/mol. The van der Waals surface area contributed by atoms with Gasteiger partial charge in [-0.2, -0.15) is 0 Å². The first-order valence-electron chi connectivity index (χ1n) is 9.91. The van der Waals surface area contributed by atoms with Gasteiger partial charge in [-0.05, 0) is 42.5 Å². The second-order valence-corrected chi connectivity index (χ2v) is 8.52. The Labute approximate surface area is 170 Å². The third-order valence-electron chi connectivity index (χ3n) is 5.96. The molecule has 2 aliphatic rings. The van der Waals surface area contributed by atoms with E-state index in [-0.39, 0.29) is 17.8 Å². The molecule has 1 aliphatic carbocycles. The Balaban J connectivity index is 1.49. The van der Waals surface area contributed by atoms with Crippen LogP contribution in [0.3, 0.4) is 0 Å². The van der Waals surface area contributed by atoms with E-state index in [9.17, 15) is 9.18 Å². The fraction of sp³-hybridized carbons (Fsp3) is 0.455. The molecule has 1 amide bonds. The largest absolute Gasteiger partial charge is 0.353 e. The highest BCUT2D eigenvalue weighted by atomic mass is 35.5. The number of rotatable bonds is 6. The Bertz CT molecular complexity index is 847. The molecule has 1 saturated heterocycles. The Morgan fingerprint density at radius 2 is 1.96 bits per heavy atom. The van der Waals surface area contributed by atoms with Crippen molar-refractivity contribution in [3.05, 3.63) is 64.7 Å². The molecule has 0 atom stereocenters. The maximum absolute atomic E-state index is 14.3. The van der Waals surface area contributed by atoms with Crippen LogP contribution in [-0.4, -0.2) is 34.9 Å². The molecule has 0 spiro atoms. The summed E-state index contributed by atoms with van der Waals surface area (Å²) >= 11 is 6.23. The number of pyridine rings is 1. The summed E-state index contributed by atoms with van der Waals surface area (Å²) in [5.74, 6) is -0.189. The molecule has 4 nitrogen and oxygen atoms in total. The molecule has 1 aromatic heterocycles. The molecule has 148 valence electrons. The summed E-state index contributed by atoms with van der Waals surface area (Å²) in [6.07, 6.45) is 8.18. The molecule has 6 heteroatoms. The van der Waals surface area contributed by atoms with Crippen LogP contribution in [0.5, 0.6) is 0 Å². The number of carbonyl (C=O) groups excluding carboxylic acids is 1. The molecule has 2 fully saturated rings. The van der Waals surface area contributed by atoms with E-state index in [1.54, 1.807) is 24.5 Å². The van der Waals surface area contributed by atoms with Gasteiger partial charge in [-0.1, -0.05) is 42.6 Å². The van der Waals surface area contributed by atoms with Gasteiger partial charge in [-0.25, -0.2) is 4.39 Å². The highest BCUT2D eigenvalue weighted by molar-refractivity contribution is 6.31. The first-order valence-corrected chi connectivity index (χ1v) is 10.3. The predicted octanol–water partition coefficient (Wildman–Crippen LogP) is 3.98. The molecular formula is C22H25ClFN3O. The maximum Gasteiger partial charge on any atom is 0.229 e. The van der Waals surface area contributed by atoms with Crippen molar-refractivity contribution in [2.24, 2.45) is 5.41 Å². The molecule has 1 aliphatic heterocycles. The van der Waals surface area contributed by atoms with Crippen molar-refractivity contribution in [1.82, 2.24) is 15.2 Å². The van der Waals surface area contributed by atoms with Gasteiger partial charge in [-0.15, -0.1) is 0 Å². The lowest BCUT2D eigenvalue weighted by molar-refractivity contribution is -0.143. The van der Waals surface area contributed by atoms with Gasteiger partial charge >= 0.3 is 0 Å². The SMILES string of the molecule is O=C(NC1CCCC1)C1(Cc2ccccc2F)CN(Cc2ccncc2Cl)C1. The van der Waals surface area contributed by atoms with Crippen molar-refractivity contribution >= 4 is 17.5 Å². The molecule has 2 heterocycles. The van der Waals surface area contributed by atoms with Crippen molar-refractivity contribution in [2.45, 2.75) is 44.7 Å². The molecule has 0 unspecified atom stereocenters. The van der Waals surface area contributed by atoms with Gasteiger partial charge in [0.2, 0.25) is 5.91 Å². The number of benzene rings is 1. The Kier molecular flexibility index (Phi) is 5.65. The standard InChI is InChI=1S/C22H25ClFN3O/c23-19-12-25-10-9-17(19)13-27-14-22(15-27,11-16-5-1-4-8-20(16)24)21(28)26-18-6-2-3-7-18/h1,4-5,8-10,12,18H,2-3,6-7,11,13-15H2,(H,26,28). The number of carbonyl (C=O) groups is 1. The quantitative estimate of drug-likeness (QED) is 0.796. The first-order chi connectivity index (χ1) is 13.6. The minimum Gasteiger partial charge on any atom is -0.353 e. The second kappa shape index (κ2) is 8.18. The van der Waals surface area contributed by atoms with Gasteiger partial charge in [0.15, 0.2) is 0 Å². The Morgan fingerprint density at radius 1 is 1.21 bits per heavy atom. The van der Waals surface area contributed by atoms with Gasteiger partial charge in [0.05, 0.1) is 10.4 Å². The smallest absolute Gasteiger partial charge is 0.229 e. The number of nitrogens with one attached hydrogen (secondary N) is 1. The summed E-state index contributed by atoms with van der Waals surface area (Å²) in [5, 5.41) is 3.86. The lowest BCUT2D eigenvalue weighted by atomic mass is 9.73. The number of aromatic nitrogens is 1. The minimum absolute atomic E-state index is 0.0553. The zero-order valence-electron chi connectivity index (χ0n) is 15.8. The van der Waals surface area contributed by atoms with Gasteiger partial charge in [0.1, 0.15) is 5.82 Å². The molecule has 4 rings (SSSR count). The average Bonchev–Trinajstić information content (AvgIpc) is 3.16. The van der Waals surface area contributed by atoms with E-state index in [4.69, 9.17) is 11.6 Å². The zero-order chi connectivity index (χ0) is 19.6. The highest BCUT2D eigenvalue weighted by Gasteiger charge is 2.49. The summed E-state index contributed by atoms with van der Waals surface area (Å²) in [7, 11) is 0.